The van der Waals surface area contributed by atoms with Crippen molar-refractivity contribution in [2.75, 3.05) is 24.5 Å². The normalized spacial score (nSPS) is 27.4. The number of rotatable bonds is 2. The molecule has 0 aliphatic carbocycles. The topological polar surface area (TPSA) is 6.48 Å². The number of nitrogens with zero attached hydrogens (tertiary/aromatic N) is 2. The Morgan fingerprint density at radius 2 is 2.10 bits per heavy atom. The van der Waals surface area contributed by atoms with Crippen LogP contribution in [-0.4, -0.2) is 36.6 Å². The second kappa shape index (κ2) is 6.07. The minimum Gasteiger partial charge on any atom is -0.365 e. The van der Waals surface area contributed by atoms with E-state index in [0.29, 0.717) is 6.04 Å². The van der Waals surface area contributed by atoms with Gasteiger partial charge in [0.25, 0.3) is 0 Å². The van der Waals surface area contributed by atoms with Gasteiger partial charge in [0.15, 0.2) is 0 Å². The Bertz CT molecular complexity index is 474. The maximum absolute atomic E-state index is 3.64. The summed E-state index contributed by atoms with van der Waals surface area (Å²) in [6.07, 6.45) is 5.40. The van der Waals surface area contributed by atoms with Crippen molar-refractivity contribution < 1.29 is 0 Å². The fourth-order valence-corrected chi connectivity index (χ4v) is 4.14. The molecular formula is C17H25BrN2. The van der Waals surface area contributed by atoms with Gasteiger partial charge in [0.1, 0.15) is 0 Å². The average molecular weight is 337 g/mol. The molecule has 0 spiro atoms. The van der Waals surface area contributed by atoms with Gasteiger partial charge in [-0.15, -0.1) is 0 Å². The summed E-state index contributed by atoms with van der Waals surface area (Å²) in [6.45, 7) is 8.33. The maximum Gasteiger partial charge on any atom is 0.0415 e. The average Bonchev–Trinajstić information content (AvgIpc) is 2.48. The third-order valence-electron chi connectivity index (χ3n) is 4.99. The van der Waals surface area contributed by atoms with Crippen molar-refractivity contribution in [3.8, 4) is 0 Å². The Balaban J connectivity index is 1.88. The molecule has 2 heterocycles. The van der Waals surface area contributed by atoms with Crippen LogP contribution in [-0.2, 0) is 0 Å². The van der Waals surface area contributed by atoms with Gasteiger partial charge < -0.3 is 4.90 Å². The highest BCUT2D eigenvalue weighted by atomic mass is 79.9. The zero-order valence-corrected chi connectivity index (χ0v) is 14.2. The first kappa shape index (κ1) is 14.4. The standard InChI is InChI=1S/C17H25BrN2/c1-3-15-11-19-9-5-4-6-16(19)12-20(15)17-10-14(18)8-7-13(17)2/h7-8,10,15-16H,3-6,9,11-12H2,1-2H3. The molecule has 0 aromatic heterocycles. The predicted molar refractivity (Wildman–Crippen MR) is 89.5 cm³/mol. The quantitative estimate of drug-likeness (QED) is 0.798. The second-order valence-electron chi connectivity index (χ2n) is 6.29. The monoisotopic (exact) mass is 336 g/mol. The van der Waals surface area contributed by atoms with Gasteiger partial charge in [0, 0.05) is 35.3 Å². The predicted octanol–water partition coefficient (Wildman–Crippen LogP) is 4.21. The molecule has 2 atom stereocenters. The van der Waals surface area contributed by atoms with E-state index in [2.05, 4.69) is 57.8 Å². The van der Waals surface area contributed by atoms with Crippen LogP contribution in [0, 0.1) is 6.92 Å². The van der Waals surface area contributed by atoms with Gasteiger partial charge in [-0.3, -0.25) is 4.90 Å². The Labute approximate surface area is 131 Å². The molecule has 3 heteroatoms. The summed E-state index contributed by atoms with van der Waals surface area (Å²) in [5.41, 5.74) is 2.83. The Morgan fingerprint density at radius 3 is 2.90 bits per heavy atom. The van der Waals surface area contributed by atoms with Gasteiger partial charge in [-0.25, -0.2) is 0 Å². The van der Waals surface area contributed by atoms with E-state index >= 15 is 0 Å². The van der Waals surface area contributed by atoms with E-state index in [9.17, 15) is 0 Å². The van der Waals surface area contributed by atoms with Crippen LogP contribution in [0.3, 0.4) is 0 Å². The SMILES string of the molecule is CCC1CN2CCCCC2CN1c1cc(Br)ccc1C. The highest BCUT2D eigenvalue weighted by Crippen LogP contribution is 2.32. The lowest BCUT2D eigenvalue weighted by Crippen LogP contribution is -2.59. The molecule has 2 fully saturated rings. The highest BCUT2D eigenvalue weighted by Gasteiger charge is 2.34. The fourth-order valence-electron chi connectivity index (χ4n) is 3.79. The van der Waals surface area contributed by atoms with E-state index < -0.39 is 0 Å². The van der Waals surface area contributed by atoms with Crippen molar-refractivity contribution in [2.24, 2.45) is 0 Å². The summed E-state index contributed by atoms with van der Waals surface area (Å²) in [5, 5.41) is 0. The molecule has 1 aromatic rings. The lowest BCUT2D eigenvalue weighted by Gasteiger charge is -2.49. The molecule has 2 aliphatic rings. The van der Waals surface area contributed by atoms with E-state index in [-0.39, 0.29) is 0 Å². The molecule has 0 amide bonds. The van der Waals surface area contributed by atoms with Crippen molar-refractivity contribution in [3.63, 3.8) is 0 Å². The van der Waals surface area contributed by atoms with Crippen LogP contribution >= 0.6 is 15.9 Å². The fraction of sp³-hybridized carbons (Fsp3) is 0.647. The highest BCUT2D eigenvalue weighted by molar-refractivity contribution is 9.10. The third kappa shape index (κ3) is 2.75. The first-order chi connectivity index (χ1) is 9.69. The van der Waals surface area contributed by atoms with Crippen molar-refractivity contribution in [1.29, 1.82) is 0 Å². The summed E-state index contributed by atoms with van der Waals surface area (Å²) in [4.78, 5) is 5.41. The van der Waals surface area contributed by atoms with Crippen LogP contribution in [0.25, 0.3) is 0 Å². The lowest BCUT2D eigenvalue weighted by molar-refractivity contribution is 0.111. The Kier molecular flexibility index (Phi) is 4.37. The summed E-state index contributed by atoms with van der Waals surface area (Å²) < 4.78 is 1.19. The van der Waals surface area contributed by atoms with Crippen LogP contribution < -0.4 is 4.90 Å². The zero-order valence-electron chi connectivity index (χ0n) is 12.6. The van der Waals surface area contributed by atoms with Gasteiger partial charge >= 0.3 is 0 Å². The molecular weight excluding hydrogens is 312 g/mol. The van der Waals surface area contributed by atoms with E-state index in [0.717, 1.165) is 6.04 Å². The van der Waals surface area contributed by atoms with Crippen LogP contribution in [0.5, 0.6) is 0 Å². The number of hydrogen-bond donors (Lipinski definition) is 0. The van der Waals surface area contributed by atoms with E-state index in [1.807, 2.05) is 0 Å². The molecule has 2 saturated heterocycles. The molecule has 2 nitrogen and oxygen atoms in total. The Hall–Kier alpha value is -0.540. The maximum atomic E-state index is 3.64. The van der Waals surface area contributed by atoms with Crippen LogP contribution in [0.4, 0.5) is 5.69 Å². The lowest BCUT2D eigenvalue weighted by atomic mass is 9.95. The summed E-state index contributed by atoms with van der Waals surface area (Å²) in [7, 11) is 0. The molecule has 2 unspecified atom stereocenters. The van der Waals surface area contributed by atoms with Gasteiger partial charge in [0.2, 0.25) is 0 Å². The minimum atomic E-state index is 0.664. The smallest absolute Gasteiger partial charge is 0.0415 e. The number of benzene rings is 1. The number of hydrogen-bond acceptors (Lipinski definition) is 2. The summed E-state index contributed by atoms with van der Waals surface area (Å²) in [6, 6.07) is 8.12. The number of halogens is 1. The van der Waals surface area contributed by atoms with Gasteiger partial charge in [-0.1, -0.05) is 35.3 Å². The number of piperidine rings is 1. The zero-order chi connectivity index (χ0) is 14.1. The van der Waals surface area contributed by atoms with E-state index in [1.165, 1.54) is 61.0 Å². The molecule has 0 N–H and O–H groups in total. The van der Waals surface area contributed by atoms with Crippen LogP contribution in [0.1, 0.15) is 38.2 Å². The molecule has 20 heavy (non-hydrogen) atoms. The van der Waals surface area contributed by atoms with Gasteiger partial charge in [-0.2, -0.15) is 0 Å². The van der Waals surface area contributed by atoms with Crippen molar-refractivity contribution >= 4 is 21.6 Å². The second-order valence-corrected chi connectivity index (χ2v) is 7.21. The van der Waals surface area contributed by atoms with Gasteiger partial charge in [0.05, 0.1) is 0 Å². The molecule has 110 valence electrons. The van der Waals surface area contributed by atoms with E-state index in [4.69, 9.17) is 0 Å². The molecule has 0 radical (unpaired) electrons. The molecule has 0 bridgehead atoms. The van der Waals surface area contributed by atoms with Crippen LogP contribution in [0.2, 0.25) is 0 Å². The third-order valence-corrected chi connectivity index (χ3v) is 5.49. The minimum absolute atomic E-state index is 0.664. The van der Waals surface area contributed by atoms with Crippen molar-refractivity contribution in [3.05, 3.63) is 28.2 Å². The number of fused-ring (bicyclic) bond motifs is 1. The molecule has 3 rings (SSSR count). The largest absolute Gasteiger partial charge is 0.365 e. The summed E-state index contributed by atoms with van der Waals surface area (Å²) >= 11 is 3.64. The first-order valence-electron chi connectivity index (χ1n) is 7.96. The molecule has 1 aromatic carbocycles. The van der Waals surface area contributed by atoms with Crippen molar-refractivity contribution in [1.82, 2.24) is 4.90 Å². The number of aryl methyl sites for hydroxylation is 1. The van der Waals surface area contributed by atoms with Crippen molar-refractivity contribution in [2.45, 2.75) is 51.6 Å². The molecule has 0 saturated carbocycles. The van der Waals surface area contributed by atoms with Crippen LogP contribution in [0.15, 0.2) is 22.7 Å². The van der Waals surface area contributed by atoms with Gasteiger partial charge in [-0.05, 0) is 50.4 Å². The Morgan fingerprint density at radius 1 is 1.25 bits per heavy atom. The molecule has 2 aliphatic heterocycles. The number of piperazine rings is 1. The van der Waals surface area contributed by atoms with E-state index in [1.54, 1.807) is 0 Å². The first-order valence-corrected chi connectivity index (χ1v) is 8.75. The number of anilines is 1. The summed E-state index contributed by atoms with van der Waals surface area (Å²) in [5.74, 6) is 0.